The van der Waals surface area contributed by atoms with Crippen LogP contribution in [0.1, 0.15) is 16.7 Å². The van der Waals surface area contributed by atoms with E-state index in [1.807, 2.05) is 0 Å². The van der Waals surface area contributed by atoms with Gasteiger partial charge in [0.2, 0.25) is 5.91 Å². The van der Waals surface area contributed by atoms with Crippen molar-refractivity contribution in [1.82, 2.24) is 5.32 Å². The van der Waals surface area contributed by atoms with Gasteiger partial charge in [0.05, 0.1) is 19.1 Å². The van der Waals surface area contributed by atoms with Crippen LogP contribution in [0.5, 0.6) is 0 Å². The van der Waals surface area contributed by atoms with Gasteiger partial charge in [-0.25, -0.2) is 4.79 Å². The zero-order chi connectivity index (χ0) is 20.0. The zero-order valence-electron chi connectivity index (χ0n) is 14.3. The van der Waals surface area contributed by atoms with Crippen molar-refractivity contribution in [1.29, 1.82) is 0 Å². The molecule has 8 heteroatoms. The summed E-state index contributed by atoms with van der Waals surface area (Å²) in [7, 11) is 1.20. The van der Waals surface area contributed by atoms with Crippen LogP contribution in [0.3, 0.4) is 0 Å². The third kappa shape index (κ3) is 5.99. The summed E-state index contributed by atoms with van der Waals surface area (Å²) in [6, 6.07) is 10.2. The van der Waals surface area contributed by atoms with Crippen molar-refractivity contribution in [3.63, 3.8) is 0 Å². The molecule has 0 heterocycles. The Morgan fingerprint density at radius 1 is 1.11 bits per heavy atom. The molecule has 0 saturated heterocycles. The van der Waals surface area contributed by atoms with E-state index in [0.29, 0.717) is 16.1 Å². The second-order valence-electron chi connectivity index (χ2n) is 5.81. The molecule has 27 heavy (non-hydrogen) atoms. The Balaban J connectivity index is 2.05. The maximum Gasteiger partial charge on any atom is 0.416 e. The predicted molar refractivity (Wildman–Crippen MR) is 94.3 cm³/mol. The number of halogens is 4. The van der Waals surface area contributed by atoms with Crippen LogP contribution in [-0.2, 0) is 33.3 Å². The molecule has 0 fully saturated rings. The largest absolute Gasteiger partial charge is 0.467 e. The molecule has 2 rings (SSSR count). The lowest BCUT2D eigenvalue weighted by Gasteiger charge is -2.17. The smallest absolute Gasteiger partial charge is 0.416 e. The van der Waals surface area contributed by atoms with Gasteiger partial charge in [0.25, 0.3) is 0 Å². The Bertz CT molecular complexity index is 807. The Morgan fingerprint density at radius 3 is 2.30 bits per heavy atom. The average molecular weight is 400 g/mol. The van der Waals surface area contributed by atoms with Crippen LogP contribution in [0.2, 0.25) is 5.02 Å². The number of esters is 1. The summed E-state index contributed by atoms with van der Waals surface area (Å²) in [6.07, 6.45) is -4.48. The molecule has 1 amide bonds. The molecule has 0 unspecified atom stereocenters. The number of carbonyl (C=O) groups is 2. The molecule has 144 valence electrons. The first-order valence-corrected chi connectivity index (χ1v) is 8.35. The first kappa shape index (κ1) is 20.8. The van der Waals surface area contributed by atoms with E-state index < -0.39 is 29.7 Å². The van der Waals surface area contributed by atoms with Crippen LogP contribution < -0.4 is 5.32 Å². The average Bonchev–Trinajstić information content (AvgIpc) is 2.62. The third-order valence-electron chi connectivity index (χ3n) is 3.85. The van der Waals surface area contributed by atoms with Gasteiger partial charge in [0.15, 0.2) is 0 Å². The van der Waals surface area contributed by atoms with E-state index in [2.05, 4.69) is 5.32 Å². The van der Waals surface area contributed by atoms with Gasteiger partial charge in [0, 0.05) is 11.4 Å². The van der Waals surface area contributed by atoms with Crippen molar-refractivity contribution in [2.45, 2.75) is 25.1 Å². The number of ether oxygens (including phenoxy) is 1. The minimum absolute atomic E-state index is 0.130. The molecule has 1 N–H and O–H groups in total. The minimum atomic E-state index is -4.44. The van der Waals surface area contributed by atoms with E-state index in [9.17, 15) is 22.8 Å². The third-order valence-corrected chi connectivity index (χ3v) is 4.22. The van der Waals surface area contributed by atoms with E-state index in [4.69, 9.17) is 16.3 Å². The molecule has 0 aliphatic carbocycles. The highest BCUT2D eigenvalue weighted by Gasteiger charge is 2.30. The quantitative estimate of drug-likeness (QED) is 0.752. The summed E-state index contributed by atoms with van der Waals surface area (Å²) in [5.74, 6) is -1.16. The lowest BCUT2D eigenvalue weighted by molar-refractivity contribution is -0.145. The number of alkyl halides is 3. The normalized spacial score (nSPS) is 12.3. The van der Waals surface area contributed by atoms with Crippen molar-refractivity contribution >= 4 is 23.5 Å². The van der Waals surface area contributed by atoms with Crippen LogP contribution in [0.4, 0.5) is 13.2 Å². The fourth-order valence-corrected chi connectivity index (χ4v) is 2.67. The molecule has 2 aromatic rings. The highest BCUT2D eigenvalue weighted by atomic mass is 35.5. The van der Waals surface area contributed by atoms with E-state index in [0.717, 1.165) is 12.1 Å². The molecule has 4 nitrogen and oxygen atoms in total. The molecule has 1 atom stereocenters. The summed E-state index contributed by atoms with van der Waals surface area (Å²) in [5, 5.41) is 2.99. The first-order chi connectivity index (χ1) is 12.7. The van der Waals surface area contributed by atoms with Gasteiger partial charge >= 0.3 is 12.1 Å². The summed E-state index contributed by atoms with van der Waals surface area (Å²) in [6.45, 7) is 0. The summed E-state index contributed by atoms with van der Waals surface area (Å²) in [5.41, 5.74) is 0.254. The summed E-state index contributed by atoms with van der Waals surface area (Å²) < 4.78 is 42.4. The minimum Gasteiger partial charge on any atom is -0.467 e. The van der Waals surface area contributed by atoms with Crippen molar-refractivity contribution in [2.24, 2.45) is 0 Å². The number of nitrogens with one attached hydrogen (secondary N) is 1. The molecule has 2 aromatic carbocycles. The molecular formula is C19H17ClF3NO3. The number of amides is 1. The number of methoxy groups -OCH3 is 1. The van der Waals surface area contributed by atoms with Crippen molar-refractivity contribution in [2.75, 3.05) is 7.11 Å². The van der Waals surface area contributed by atoms with E-state index >= 15 is 0 Å². The number of hydrogen-bond acceptors (Lipinski definition) is 3. The van der Waals surface area contributed by atoms with Gasteiger partial charge in [0.1, 0.15) is 6.04 Å². The second-order valence-corrected chi connectivity index (χ2v) is 6.22. The van der Waals surface area contributed by atoms with E-state index in [-0.39, 0.29) is 12.8 Å². The molecule has 0 radical (unpaired) electrons. The van der Waals surface area contributed by atoms with Gasteiger partial charge in [-0.05, 0) is 29.3 Å². The van der Waals surface area contributed by atoms with E-state index in [1.165, 1.54) is 19.2 Å². The van der Waals surface area contributed by atoms with Gasteiger partial charge in [-0.15, -0.1) is 0 Å². The van der Waals surface area contributed by atoms with Crippen LogP contribution in [0, 0.1) is 0 Å². The monoisotopic (exact) mass is 399 g/mol. The molecule has 0 saturated carbocycles. The zero-order valence-corrected chi connectivity index (χ0v) is 15.1. The van der Waals surface area contributed by atoms with Gasteiger partial charge in [-0.3, -0.25) is 4.79 Å². The lowest BCUT2D eigenvalue weighted by Crippen LogP contribution is -2.43. The van der Waals surface area contributed by atoms with Crippen LogP contribution >= 0.6 is 11.6 Å². The summed E-state index contributed by atoms with van der Waals surface area (Å²) >= 11 is 6.08. The fourth-order valence-electron chi connectivity index (χ4n) is 2.46. The lowest BCUT2D eigenvalue weighted by atomic mass is 10.0. The summed E-state index contributed by atoms with van der Waals surface area (Å²) in [4.78, 5) is 24.2. The Morgan fingerprint density at radius 2 is 1.74 bits per heavy atom. The maximum absolute atomic E-state index is 12.6. The van der Waals surface area contributed by atoms with Gasteiger partial charge in [-0.1, -0.05) is 41.9 Å². The standard InChI is InChI=1S/C19H17ClF3NO3/c1-27-18(26)16(11-13-4-2-3-5-15(13)20)24-17(25)10-12-6-8-14(9-7-12)19(21,22)23/h2-9,16H,10-11H2,1H3,(H,24,25)/t16-/m0/s1. The van der Waals surface area contributed by atoms with Crippen LogP contribution in [0.25, 0.3) is 0 Å². The molecule has 0 aliphatic heterocycles. The van der Waals surface area contributed by atoms with Crippen molar-refractivity contribution in [3.05, 3.63) is 70.2 Å². The number of benzene rings is 2. The Kier molecular flexibility index (Phi) is 6.85. The molecular weight excluding hydrogens is 383 g/mol. The van der Waals surface area contributed by atoms with Crippen LogP contribution in [0.15, 0.2) is 48.5 Å². The topological polar surface area (TPSA) is 55.4 Å². The van der Waals surface area contributed by atoms with Gasteiger partial charge in [-0.2, -0.15) is 13.2 Å². The highest BCUT2D eigenvalue weighted by Crippen LogP contribution is 2.29. The SMILES string of the molecule is COC(=O)[C@H](Cc1ccccc1Cl)NC(=O)Cc1ccc(C(F)(F)F)cc1. The first-order valence-electron chi connectivity index (χ1n) is 7.97. The molecule has 0 aromatic heterocycles. The molecule has 0 bridgehead atoms. The predicted octanol–water partition coefficient (Wildman–Crippen LogP) is 3.80. The van der Waals surface area contributed by atoms with Crippen molar-refractivity contribution < 1.29 is 27.5 Å². The molecule has 0 spiro atoms. The Labute approximate surface area is 159 Å². The number of rotatable bonds is 6. The molecule has 0 aliphatic rings. The fraction of sp³-hybridized carbons (Fsp3) is 0.263. The highest BCUT2D eigenvalue weighted by molar-refractivity contribution is 6.31. The Hall–Kier alpha value is -2.54. The maximum atomic E-state index is 12.6. The van der Waals surface area contributed by atoms with E-state index in [1.54, 1.807) is 24.3 Å². The number of hydrogen-bond donors (Lipinski definition) is 1. The van der Waals surface area contributed by atoms with Gasteiger partial charge < -0.3 is 10.1 Å². The second kappa shape index (κ2) is 8.90. The number of carbonyl (C=O) groups excluding carboxylic acids is 2. The van der Waals surface area contributed by atoms with Crippen LogP contribution in [-0.4, -0.2) is 25.0 Å². The van der Waals surface area contributed by atoms with Crippen molar-refractivity contribution in [3.8, 4) is 0 Å².